The summed E-state index contributed by atoms with van der Waals surface area (Å²) in [6, 6.07) is 1.31. The number of hydrogen-bond acceptors (Lipinski definition) is 4. The van der Waals surface area contributed by atoms with Crippen LogP contribution in [0.2, 0.25) is 0 Å². The average Bonchev–Trinajstić information content (AvgIpc) is 2.13. The van der Waals surface area contributed by atoms with E-state index in [1.54, 1.807) is 6.92 Å². The van der Waals surface area contributed by atoms with E-state index in [0.717, 1.165) is 4.79 Å². The molecular weight excluding hydrogens is 136 g/mol. The highest BCUT2D eigenvalue weighted by atomic mass is 16.6. The minimum absolute atomic E-state index is 0.222. The van der Waals surface area contributed by atoms with E-state index >= 15 is 0 Å². The predicted molar refractivity (Wildman–Crippen MR) is 33.8 cm³/mol. The SMILES string of the molecule is Cc1cc([N+](=O)[O-])nn1N. The fraction of sp³-hybridized carbons (Fsp3) is 0.250. The van der Waals surface area contributed by atoms with Crippen LogP contribution in [-0.2, 0) is 0 Å². The Labute approximate surface area is 56.4 Å². The van der Waals surface area contributed by atoms with Crippen molar-refractivity contribution in [2.75, 3.05) is 5.84 Å². The fourth-order valence-corrected chi connectivity index (χ4v) is 0.560. The molecule has 1 aromatic heterocycles. The summed E-state index contributed by atoms with van der Waals surface area (Å²) in [7, 11) is 0. The van der Waals surface area contributed by atoms with Crippen LogP contribution >= 0.6 is 0 Å². The van der Waals surface area contributed by atoms with Crippen LogP contribution in [0.4, 0.5) is 5.82 Å². The lowest BCUT2D eigenvalue weighted by atomic mass is 10.5. The van der Waals surface area contributed by atoms with Gasteiger partial charge in [-0.05, 0) is 11.8 Å². The molecule has 0 radical (unpaired) electrons. The number of hydrogen-bond donors (Lipinski definition) is 1. The molecule has 0 unspecified atom stereocenters. The van der Waals surface area contributed by atoms with Crippen molar-refractivity contribution in [1.82, 2.24) is 9.89 Å². The zero-order chi connectivity index (χ0) is 7.72. The second kappa shape index (κ2) is 1.98. The fourth-order valence-electron chi connectivity index (χ4n) is 0.560. The summed E-state index contributed by atoms with van der Waals surface area (Å²) in [5.41, 5.74) is 0.562. The van der Waals surface area contributed by atoms with Gasteiger partial charge in [0.1, 0.15) is 0 Å². The number of nitrogen functional groups attached to an aromatic ring is 1. The molecule has 0 saturated carbocycles. The summed E-state index contributed by atoms with van der Waals surface area (Å²) < 4.78 is 0. The molecule has 0 aliphatic carbocycles. The third-order valence-corrected chi connectivity index (χ3v) is 1.10. The average molecular weight is 142 g/mol. The highest BCUT2D eigenvalue weighted by Gasteiger charge is 2.12. The first-order chi connectivity index (χ1) is 4.61. The van der Waals surface area contributed by atoms with Gasteiger partial charge >= 0.3 is 5.82 Å². The number of aromatic nitrogens is 2. The lowest BCUT2D eigenvalue weighted by Gasteiger charge is -1.82. The standard InChI is InChI=1S/C4H6N4O2/c1-3-2-4(8(9)10)6-7(3)5/h2H,5H2,1H3. The van der Waals surface area contributed by atoms with Crippen LogP contribution in [-0.4, -0.2) is 14.8 Å². The molecule has 0 saturated heterocycles. The molecule has 0 aliphatic heterocycles. The Kier molecular flexibility index (Phi) is 1.29. The first-order valence-electron chi connectivity index (χ1n) is 2.57. The van der Waals surface area contributed by atoms with Crippen LogP contribution in [0.5, 0.6) is 0 Å². The summed E-state index contributed by atoms with van der Waals surface area (Å²) in [6.45, 7) is 1.64. The van der Waals surface area contributed by atoms with E-state index in [4.69, 9.17) is 5.84 Å². The number of nitrogens with two attached hydrogens (primary N) is 1. The normalized spacial score (nSPS) is 9.70. The van der Waals surface area contributed by atoms with Crippen molar-refractivity contribution in [2.24, 2.45) is 0 Å². The molecule has 6 nitrogen and oxygen atoms in total. The van der Waals surface area contributed by atoms with Crippen LogP contribution in [0.1, 0.15) is 5.69 Å². The molecule has 0 aromatic carbocycles. The van der Waals surface area contributed by atoms with Crippen LogP contribution in [0.25, 0.3) is 0 Å². The molecule has 1 aromatic rings. The third-order valence-electron chi connectivity index (χ3n) is 1.10. The van der Waals surface area contributed by atoms with E-state index in [9.17, 15) is 10.1 Å². The summed E-state index contributed by atoms with van der Waals surface area (Å²) in [5.74, 6) is 4.96. The van der Waals surface area contributed by atoms with Crippen molar-refractivity contribution in [3.63, 3.8) is 0 Å². The lowest BCUT2D eigenvalue weighted by Crippen LogP contribution is -2.11. The maximum Gasteiger partial charge on any atom is 0.392 e. The summed E-state index contributed by atoms with van der Waals surface area (Å²) >= 11 is 0. The maximum atomic E-state index is 10.0. The predicted octanol–water partition coefficient (Wildman–Crippen LogP) is -0.186. The van der Waals surface area contributed by atoms with Gasteiger partial charge in [0.25, 0.3) is 0 Å². The molecule has 0 aliphatic rings. The van der Waals surface area contributed by atoms with Gasteiger partial charge in [-0.2, -0.15) is 0 Å². The van der Waals surface area contributed by atoms with Gasteiger partial charge in [0.2, 0.25) is 0 Å². The van der Waals surface area contributed by atoms with Crippen molar-refractivity contribution in [3.8, 4) is 0 Å². The van der Waals surface area contributed by atoms with Gasteiger partial charge in [0.05, 0.1) is 16.9 Å². The second-order valence-electron chi connectivity index (χ2n) is 1.85. The summed E-state index contributed by atoms with van der Waals surface area (Å²) in [6.07, 6.45) is 0. The van der Waals surface area contributed by atoms with Crippen molar-refractivity contribution < 1.29 is 4.92 Å². The van der Waals surface area contributed by atoms with E-state index in [1.165, 1.54) is 6.07 Å². The zero-order valence-electron chi connectivity index (χ0n) is 5.31. The Morgan fingerprint density at radius 1 is 1.90 bits per heavy atom. The molecular formula is C4H6N4O2. The number of nitro groups is 1. The second-order valence-corrected chi connectivity index (χ2v) is 1.85. The first kappa shape index (κ1) is 6.53. The van der Waals surface area contributed by atoms with E-state index in [1.807, 2.05) is 0 Å². The largest absolute Gasteiger partial charge is 0.392 e. The van der Waals surface area contributed by atoms with Crippen molar-refractivity contribution in [3.05, 3.63) is 21.9 Å². The van der Waals surface area contributed by atoms with E-state index in [0.29, 0.717) is 5.69 Å². The summed E-state index contributed by atoms with van der Waals surface area (Å²) in [5, 5.41) is 13.4. The van der Waals surface area contributed by atoms with Crippen LogP contribution in [0.3, 0.4) is 0 Å². The highest BCUT2D eigenvalue weighted by molar-refractivity contribution is 5.20. The Balaban J connectivity index is 3.10. The zero-order valence-corrected chi connectivity index (χ0v) is 5.31. The van der Waals surface area contributed by atoms with E-state index in [-0.39, 0.29) is 5.82 Å². The molecule has 1 rings (SSSR count). The van der Waals surface area contributed by atoms with Gasteiger partial charge in [-0.25, -0.2) is 0 Å². The summed E-state index contributed by atoms with van der Waals surface area (Å²) in [4.78, 5) is 10.4. The van der Waals surface area contributed by atoms with E-state index in [2.05, 4.69) is 5.10 Å². The van der Waals surface area contributed by atoms with Gasteiger partial charge in [0.15, 0.2) is 0 Å². The Bertz CT molecular complexity index is 247. The molecule has 0 atom stereocenters. The van der Waals surface area contributed by atoms with Gasteiger partial charge in [-0.3, -0.25) is 0 Å². The number of aryl methyl sites for hydroxylation is 1. The topological polar surface area (TPSA) is 87.0 Å². The number of nitrogens with zero attached hydrogens (tertiary/aromatic N) is 3. The molecule has 1 heterocycles. The molecule has 54 valence electrons. The Hall–Kier alpha value is -1.59. The molecule has 2 N–H and O–H groups in total. The molecule has 0 bridgehead atoms. The smallest absolute Gasteiger partial charge is 0.358 e. The van der Waals surface area contributed by atoms with Gasteiger partial charge in [-0.15, -0.1) is 0 Å². The maximum absolute atomic E-state index is 10.0. The molecule has 6 heteroatoms. The third kappa shape index (κ3) is 0.903. The van der Waals surface area contributed by atoms with Crippen LogP contribution < -0.4 is 5.84 Å². The quantitative estimate of drug-likeness (QED) is 0.334. The Morgan fingerprint density at radius 3 is 2.70 bits per heavy atom. The Morgan fingerprint density at radius 2 is 2.50 bits per heavy atom. The highest BCUT2D eigenvalue weighted by Crippen LogP contribution is 2.07. The van der Waals surface area contributed by atoms with Crippen molar-refractivity contribution in [1.29, 1.82) is 0 Å². The lowest BCUT2D eigenvalue weighted by molar-refractivity contribution is -0.389. The minimum atomic E-state index is -0.587. The molecule has 10 heavy (non-hydrogen) atoms. The van der Waals surface area contributed by atoms with Crippen LogP contribution in [0.15, 0.2) is 6.07 Å². The van der Waals surface area contributed by atoms with E-state index < -0.39 is 4.92 Å². The van der Waals surface area contributed by atoms with Gasteiger partial charge < -0.3 is 16.0 Å². The minimum Gasteiger partial charge on any atom is -0.358 e. The van der Waals surface area contributed by atoms with Gasteiger partial charge in [0, 0.05) is 0 Å². The number of rotatable bonds is 1. The van der Waals surface area contributed by atoms with Gasteiger partial charge in [-0.1, -0.05) is 4.79 Å². The molecule has 0 fully saturated rings. The molecule has 0 amide bonds. The van der Waals surface area contributed by atoms with Crippen molar-refractivity contribution >= 4 is 5.82 Å². The van der Waals surface area contributed by atoms with Crippen molar-refractivity contribution in [2.45, 2.75) is 6.92 Å². The first-order valence-corrected chi connectivity index (χ1v) is 2.57. The monoisotopic (exact) mass is 142 g/mol. The van der Waals surface area contributed by atoms with Crippen LogP contribution in [0, 0.1) is 17.0 Å². The molecule has 0 spiro atoms.